The number of primary amides is 1. The zero-order valence-corrected chi connectivity index (χ0v) is 14.9. The third kappa shape index (κ3) is 4.10. The van der Waals surface area contributed by atoms with Gasteiger partial charge in [0.2, 0.25) is 5.91 Å². The molecule has 0 radical (unpaired) electrons. The number of hydrogen-bond donors (Lipinski definition) is 2. The summed E-state index contributed by atoms with van der Waals surface area (Å²) in [5.41, 5.74) is 13.4. The topological polar surface area (TPSA) is 86.2 Å². The molecule has 4 N–H and O–H groups in total. The van der Waals surface area contributed by atoms with Crippen molar-refractivity contribution in [1.29, 1.82) is 0 Å². The van der Waals surface area contributed by atoms with Crippen molar-refractivity contribution in [3.63, 3.8) is 0 Å². The molecule has 0 bridgehead atoms. The van der Waals surface area contributed by atoms with Gasteiger partial charge in [0.1, 0.15) is 5.25 Å². The number of rotatable bonds is 7. The van der Waals surface area contributed by atoms with Crippen molar-refractivity contribution in [3.8, 4) is 0 Å². The Labute approximate surface area is 150 Å². The Kier molecular flexibility index (Phi) is 6.29. The number of ketones is 1. The fourth-order valence-corrected chi connectivity index (χ4v) is 3.47. The average Bonchev–Trinajstić information content (AvgIpc) is 2.56. The zero-order chi connectivity index (χ0) is 17.7. The van der Waals surface area contributed by atoms with E-state index in [4.69, 9.17) is 23.1 Å². The Balaban J connectivity index is 2.41. The number of hydrogen-bond acceptors (Lipinski definition) is 4. The Morgan fingerprint density at radius 1 is 1.17 bits per heavy atom. The highest BCUT2D eigenvalue weighted by molar-refractivity contribution is 8.00. The van der Waals surface area contributed by atoms with Crippen LogP contribution >= 0.6 is 23.4 Å². The molecule has 0 fully saturated rings. The first-order chi connectivity index (χ1) is 11.5. The summed E-state index contributed by atoms with van der Waals surface area (Å²) in [5.74, 6) is 0.105. The average molecular weight is 363 g/mol. The summed E-state index contributed by atoms with van der Waals surface area (Å²) >= 11 is 7.29. The highest BCUT2D eigenvalue weighted by Gasteiger charge is 2.23. The molecular weight excluding hydrogens is 344 g/mol. The van der Waals surface area contributed by atoms with Gasteiger partial charge in [0.15, 0.2) is 5.78 Å². The minimum Gasteiger partial charge on any atom is -0.398 e. The molecule has 0 aliphatic carbocycles. The number of nitrogen functional groups attached to an aromatic ring is 1. The van der Waals surface area contributed by atoms with Gasteiger partial charge in [0.25, 0.3) is 0 Å². The van der Waals surface area contributed by atoms with Gasteiger partial charge in [-0.3, -0.25) is 9.59 Å². The van der Waals surface area contributed by atoms with Crippen LogP contribution in [-0.2, 0) is 4.79 Å². The summed E-state index contributed by atoms with van der Waals surface area (Å²) in [4.78, 5) is 24.5. The van der Waals surface area contributed by atoms with E-state index in [1.54, 1.807) is 42.5 Å². The number of para-hydroxylation sites is 1. The van der Waals surface area contributed by atoms with E-state index in [9.17, 15) is 9.59 Å². The van der Waals surface area contributed by atoms with Gasteiger partial charge in [-0.15, -0.1) is 11.8 Å². The summed E-state index contributed by atoms with van der Waals surface area (Å²) < 4.78 is 0. The first kappa shape index (κ1) is 18.4. The molecule has 0 saturated heterocycles. The fourth-order valence-electron chi connectivity index (χ4n) is 2.33. The van der Waals surface area contributed by atoms with Crippen molar-refractivity contribution >= 4 is 40.7 Å². The quantitative estimate of drug-likeness (QED) is 0.579. The first-order valence-electron chi connectivity index (χ1n) is 7.55. The van der Waals surface area contributed by atoms with Gasteiger partial charge in [-0.2, -0.15) is 0 Å². The van der Waals surface area contributed by atoms with E-state index in [1.807, 2.05) is 6.92 Å². The van der Waals surface area contributed by atoms with Gasteiger partial charge in [0, 0.05) is 21.8 Å². The Bertz CT molecular complexity index is 747. The van der Waals surface area contributed by atoms with Crippen LogP contribution < -0.4 is 11.5 Å². The van der Waals surface area contributed by atoms with Crippen LogP contribution in [0.4, 0.5) is 5.69 Å². The second-order valence-corrected chi connectivity index (χ2v) is 6.95. The van der Waals surface area contributed by atoms with Gasteiger partial charge in [-0.25, -0.2) is 0 Å². The lowest BCUT2D eigenvalue weighted by Gasteiger charge is -2.17. The molecule has 24 heavy (non-hydrogen) atoms. The van der Waals surface area contributed by atoms with Crippen LogP contribution in [0, 0.1) is 0 Å². The third-order valence-corrected chi connectivity index (χ3v) is 5.24. The molecule has 2 aromatic rings. The number of thioether (sulfide) groups is 1. The van der Waals surface area contributed by atoms with Crippen LogP contribution in [0.5, 0.6) is 0 Å². The molecule has 126 valence electrons. The van der Waals surface area contributed by atoms with Crippen LogP contribution in [-0.4, -0.2) is 17.4 Å². The van der Waals surface area contributed by atoms with Gasteiger partial charge in [0.05, 0.1) is 0 Å². The molecule has 0 aliphatic rings. The van der Waals surface area contributed by atoms with Gasteiger partial charge in [-0.1, -0.05) is 30.7 Å². The Morgan fingerprint density at radius 3 is 2.42 bits per heavy atom. The molecule has 0 aliphatic heterocycles. The molecule has 1 amide bonds. The summed E-state index contributed by atoms with van der Waals surface area (Å²) in [6.07, 6.45) is 0.914. The van der Waals surface area contributed by atoms with E-state index >= 15 is 0 Å². The van der Waals surface area contributed by atoms with E-state index in [2.05, 4.69) is 0 Å². The molecule has 4 nitrogen and oxygen atoms in total. The number of anilines is 1. The lowest BCUT2D eigenvalue weighted by Crippen LogP contribution is -2.21. The van der Waals surface area contributed by atoms with Crippen LogP contribution in [0.1, 0.15) is 40.1 Å². The van der Waals surface area contributed by atoms with Crippen molar-refractivity contribution in [2.45, 2.75) is 18.6 Å². The van der Waals surface area contributed by atoms with Gasteiger partial charge in [-0.05, 0) is 48.1 Å². The molecule has 0 spiro atoms. The van der Waals surface area contributed by atoms with E-state index < -0.39 is 11.2 Å². The third-order valence-electron chi connectivity index (χ3n) is 3.52. The molecular formula is C18H19ClN2O2S. The highest BCUT2D eigenvalue weighted by Crippen LogP contribution is 2.35. The summed E-state index contributed by atoms with van der Waals surface area (Å²) in [6.45, 7) is 2.02. The lowest BCUT2D eigenvalue weighted by atomic mass is 9.97. The monoisotopic (exact) mass is 362 g/mol. The number of carbonyl (C=O) groups excluding carboxylic acids is 2. The van der Waals surface area contributed by atoms with E-state index in [0.717, 1.165) is 12.2 Å². The Morgan fingerprint density at radius 2 is 1.83 bits per heavy atom. The van der Waals surface area contributed by atoms with Crippen LogP contribution in [0.2, 0.25) is 5.02 Å². The minimum absolute atomic E-state index is 0.213. The highest BCUT2D eigenvalue weighted by atomic mass is 35.5. The molecule has 0 aromatic heterocycles. The van der Waals surface area contributed by atoms with Crippen molar-refractivity contribution < 1.29 is 9.59 Å². The normalized spacial score (nSPS) is 11.9. The molecule has 0 saturated carbocycles. The molecule has 1 unspecified atom stereocenters. The second kappa shape index (κ2) is 8.22. The Hall–Kier alpha value is -1.98. The molecule has 2 rings (SSSR count). The minimum atomic E-state index is -0.567. The molecule has 6 heteroatoms. The summed E-state index contributed by atoms with van der Waals surface area (Å²) in [7, 11) is 0. The van der Waals surface area contributed by atoms with Crippen molar-refractivity contribution in [1.82, 2.24) is 0 Å². The van der Waals surface area contributed by atoms with Crippen molar-refractivity contribution in [2.75, 3.05) is 11.5 Å². The van der Waals surface area contributed by atoms with Crippen molar-refractivity contribution in [3.05, 3.63) is 64.2 Å². The number of nitrogens with two attached hydrogens (primary N) is 2. The number of amides is 1. The van der Waals surface area contributed by atoms with Crippen LogP contribution in [0.3, 0.4) is 0 Å². The maximum atomic E-state index is 12.7. The SMILES string of the molecule is CCCSC(C(N)=O)c1cccc(C(=O)c2ccc(Cl)cc2)c1N. The predicted octanol–water partition coefficient (Wildman–Crippen LogP) is 3.82. The van der Waals surface area contributed by atoms with Crippen LogP contribution in [0.25, 0.3) is 0 Å². The van der Waals surface area contributed by atoms with E-state index in [0.29, 0.717) is 27.4 Å². The first-order valence-corrected chi connectivity index (χ1v) is 8.98. The summed E-state index contributed by atoms with van der Waals surface area (Å²) in [5, 5.41) is -0.0130. The fraction of sp³-hybridized carbons (Fsp3) is 0.222. The maximum absolute atomic E-state index is 12.7. The lowest BCUT2D eigenvalue weighted by molar-refractivity contribution is -0.117. The van der Waals surface area contributed by atoms with Gasteiger partial charge < -0.3 is 11.5 Å². The van der Waals surface area contributed by atoms with E-state index in [-0.39, 0.29) is 5.78 Å². The van der Waals surface area contributed by atoms with Gasteiger partial charge >= 0.3 is 0 Å². The predicted molar refractivity (Wildman–Crippen MR) is 100 cm³/mol. The standard InChI is InChI=1S/C18H19ClN2O2S/c1-2-10-24-17(18(21)23)14-5-3-4-13(15(14)20)16(22)11-6-8-12(19)9-7-11/h3-9,17H,2,10,20H2,1H3,(H2,21,23). The summed E-state index contributed by atoms with van der Waals surface area (Å²) in [6, 6.07) is 11.7. The molecule has 2 aromatic carbocycles. The van der Waals surface area contributed by atoms with Crippen molar-refractivity contribution in [2.24, 2.45) is 5.73 Å². The number of halogens is 1. The number of carbonyl (C=O) groups is 2. The zero-order valence-electron chi connectivity index (χ0n) is 13.3. The van der Waals surface area contributed by atoms with Crippen LogP contribution in [0.15, 0.2) is 42.5 Å². The number of benzene rings is 2. The smallest absolute Gasteiger partial charge is 0.235 e. The molecule has 0 heterocycles. The van der Waals surface area contributed by atoms with E-state index in [1.165, 1.54) is 11.8 Å². The maximum Gasteiger partial charge on any atom is 0.235 e. The largest absolute Gasteiger partial charge is 0.398 e. The molecule has 1 atom stereocenters. The second-order valence-electron chi connectivity index (χ2n) is 5.30.